The first kappa shape index (κ1) is 21.5. The van der Waals surface area contributed by atoms with Crippen LogP contribution in [0.5, 0.6) is 0 Å². The molecule has 2 heteroatoms. The molecule has 0 spiro atoms. The molecule has 1 unspecified atom stereocenters. The first-order valence-corrected chi connectivity index (χ1v) is 11.2. The fraction of sp³-hybridized carbons (Fsp3) is 0.407. The van der Waals surface area contributed by atoms with E-state index in [-0.39, 0.29) is 0 Å². The van der Waals surface area contributed by atoms with Gasteiger partial charge >= 0.3 is 0 Å². The number of aryl methyl sites for hydroxylation is 1. The van der Waals surface area contributed by atoms with Crippen molar-refractivity contribution in [2.45, 2.75) is 64.3 Å². The molecule has 154 valence electrons. The summed E-state index contributed by atoms with van der Waals surface area (Å²) in [6.45, 7) is 1.73. The molecule has 0 aliphatic rings. The van der Waals surface area contributed by atoms with Gasteiger partial charge in [0.1, 0.15) is 6.67 Å². The highest BCUT2D eigenvalue weighted by Gasteiger charge is 2.09. The third-order valence-electron chi connectivity index (χ3n) is 5.88. The number of benzene rings is 3. The van der Waals surface area contributed by atoms with E-state index in [1.807, 2.05) is 12.1 Å². The zero-order valence-corrected chi connectivity index (χ0v) is 17.7. The van der Waals surface area contributed by atoms with Crippen molar-refractivity contribution in [2.24, 2.45) is 5.73 Å². The Morgan fingerprint density at radius 1 is 0.759 bits per heavy atom. The maximum absolute atomic E-state index is 12.8. The highest BCUT2D eigenvalue weighted by atomic mass is 19.1. The number of nitrogens with two attached hydrogens (primary N) is 1. The third kappa shape index (κ3) is 5.67. The standard InChI is InChI=1S/C27H34FN/c1-2-3-4-5-6-7-8-11-21-18-19-25(26-13-10-9-12-24(21)26)22-14-16-23(17-15-22)27(29)20-28/h9-10,12-19,27H,2-8,11,20,29H2,1H3. The zero-order valence-electron chi connectivity index (χ0n) is 17.7. The molecule has 0 heterocycles. The second-order valence-corrected chi connectivity index (χ2v) is 8.07. The number of halogens is 1. The molecule has 29 heavy (non-hydrogen) atoms. The topological polar surface area (TPSA) is 26.0 Å². The molecular formula is C27H34FN. The Morgan fingerprint density at radius 3 is 2.10 bits per heavy atom. The number of hydrogen-bond donors (Lipinski definition) is 1. The Hall–Kier alpha value is -2.19. The predicted octanol–water partition coefficient (Wildman–Crippen LogP) is 7.77. The minimum atomic E-state index is -0.537. The van der Waals surface area contributed by atoms with Gasteiger partial charge in [-0.25, -0.2) is 4.39 Å². The number of alkyl halides is 1. The molecule has 0 bridgehead atoms. The summed E-state index contributed by atoms with van der Waals surface area (Å²) < 4.78 is 12.8. The molecule has 0 saturated carbocycles. The Balaban J connectivity index is 1.73. The lowest BCUT2D eigenvalue weighted by Crippen LogP contribution is -2.11. The first-order valence-electron chi connectivity index (χ1n) is 11.2. The molecule has 0 saturated heterocycles. The minimum Gasteiger partial charge on any atom is -0.322 e. The van der Waals surface area contributed by atoms with E-state index in [4.69, 9.17) is 5.73 Å². The molecule has 0 fully saturated rings. The SMILES string of the molecule is CCCCCCCCCc1ccc(-c2ccc(C(N)CF)cc2)c2ccccc12. The lowest BCUT2D eigenvalue weighted by molar-refractivity contribution is 0.437. The van der Waals surface area contributed by atoms with Crippen LogP contribution in [-0.4, -0.2) is 6.67 Å². The summed E-state index contributed by atoms with van der Waals surface area (Å²) in [4.78, 5) is 0. The number of unbranched alkanes of at least 4 members (excludes halogenated alkanes) is 6. The number of fused-ring (bicyclic) bond motifs is 1. The average Bonchev–Trinajstić information content (AvgIpc) is 2.78. The summed E-state index contributed by atoms with van der Waals surface area (Å²) in [6.07, 6.45) is 10.5. The van der Waals surface area contributed by atoms with Crippen molar-refractivity contribution in [3.05, 3.63) is 71.8 Å². The molecule has 3 aromatic rings. The summed E-state index contributed by atoms with van der Waals surface area (Å²) in [5.41, 5.74) is 10.5. The average molecular weight is 392 g/mol. The van der Waals surface area contributed by atoms with E-state index >= 15 is 0 Å². The van der Waals surface area contributed by atoms with Gasteiger partial charge < -0.3 is 5.73 Å². The fourth-order valence-corrected chi connectivity index (χ4v) is 4.10. The summed E-state index contributed by atoms with van der Waals surface area (Å²) >= 11 is 0. The van der Waals surface area contributed by atoms with Crippen molar-refractivity contribution in [2.75, 3.05) is 6.67 Å². The highest BCUT2D eigenvalue weighted by Crippen LogP contribution is 2.32. The van der Waals surface area contributed by atoms with E-state index in [2.05, 4.69) is 55.5 Å². The van der Waals surface area contributed by atoms with E-state index in [0.29, 0.717) is 0 Å². The van der Waals surface area contributed by atoms with Crippen LogP contribution in [0.25, 0.3) is 21.9 Å². The quantitative estimate of drug-likeness (QED) is 0.332. The van der Waals surface area contributed by atoms with Crippen LogP contribution in [0.15, 0.2) is 60.7 Å². The Labute approximate surface area is 175 Å². The van der Waals surface area contributed by atoms with Gasteiger partial charge in [-0.05, 0) is 45.9 Å². The normalized spacial score (nSPS) is 12.4. The molecule has 3 rings (SSSR count). The minimum absolute atomic E-state index is 0.532. The Morgan fingerprint density at radius 2 is 1.41 bits per heavy atom. The van der Waals surface area contributed by atoms with Crippen LogP contribution in [0.1, 0.15) is 69.0 Å². The Kier molecular flexibility index (Phi) is 8.25. The molecule has 0 aromatic heterocycles. The van der Waals surface area contributed by atoms with Gasteiger partial charge in [0.05, 0.1) is 6.04 Å². The summed E-state index contributed by atoms with van der Waals surface area (Å²) in [5.74, 6) is 0. The van der Waals surface area contributed by atoms with Gasteiger partial charge in [0.25, 0.3) is 0 Å². The van der Waals surface area contributed by atoms with Crippen molar-refractivity contribution in [3.63, 3.8) is 0 Å². The summed E-state index contributed by atoms with van der Waals surface area (Å²) in [6, 6.07) is 20.7. The van der Waals surface area contributed by atoms with Crippen LogP contribution in [0.4, 0.5) is 4.39 Å². The van der Waals surface area contributed by atoms with Crippen LogP contribution in [-0.2, 0) is 6.42 Å². The van der Waals surface area contributed by atoms with Crippen molar-refractivity contribution in [1.29, 1.82) is 0 Å². The molecule has 3 aromatic carbocycles. The lowest BCUT2D eigenvalue weighted by Gasteiger charge is -2.13. The second kappa shape index (κ2) is 11.1. The molecular weight excluding hydrogens is 357 g/mol. The molecule has 1 nitrogen and oxygen atoms in total. The first-order chi connectivity index (χ1) is 14.2. The van der Waals surface area contributed by atoms with Crippen LogP contribution in [0, 0.1) is 0 Å². The van der Waals surface area contributed by atoms with Crippen LogP contribution in [0.3, 0.4) is 0 Å². The van der Waals surface area contributed by atoms with E-state index in [1.165, 1.54) is 66.8 Å². The largest absolute Gasteiger partial charge is 0.322 e. The smallest absolute Gasteiger partial charge is 0.109 e. The third-order valence-corrected chi connectivity index (χ3v) is 5.88. The molecule has 0 radical (unpaired) electrons. The van der Waals surface area contributed by atoms with Gasteiger partial charge in [0.15, 0.2) is 0 Å². The Bertz CT molecular complexity index is 885. The highest BCUT2D eigenvalue weighted by molar-refractivity contribution is 5.98. The summed E-state index contributed by atoms with van der Waals surface area (Å²) in [5, 5.41) is 2.64. The van der Waals surface area contributed by atoms with Crippen LogP contribution in [0.2, 0.25) is 0 Å². The van der Waals surface area contributed by atoms with Crippen molar-refractivity contribution in [1.82, 2.24) is 0 Å². The van der Waals surface area contributed by atoms with Crippen molar-refractivity contribution in [3.8, 4) is 11.1 Å². The second-order valence-electron chi connectivity index (χ2n) is 8.07. The number of hydrogen-bond acceptors (Lipinski definition) is 1. The monoisotopic (exact) mass is 391 g/mol. The zero-order chi connectivity index (χ0) is 20.5. The summed E-state index contributed by atoms with van der Waals surface area (Å²) in [7, 11) is 0. The van der Waals surface area contributed by atoms with Gasteiger partial charge in [-0.1, -0.05) is 106 Å². The van der Waals surface area contributed by atoms with Gasteiger partial charge in [0.2, 0.25) is 0 Å². The molecule has 2 N–H and O–H groups in total. The van der Waals surface area contributed by atoms with E-state index in [1.54, 1.807) is 0 Å². The van der Waals surface area contributed by atoms with Gasteiger partial charge in [-0.3, -0.25) is 0 Å². The molecule has 0 amide bonds. The van der Waals surface area contributed by atoms with Crippen molar-refractivity contribution < 1.29 is 4.39 Å². The maximum Gasteiger partial charge on any atom is 0.109 e. The molecule has 0 aliphatic carbocycles. The van der Waals surface area contributed by atoms with Crippen molar-refractivity contribution >= 4 is 10.8 Å². The van der Waals surface area contributed by atoms with Gasteiger partial charge in [-0.2, -0.15) is 0 Å². The van der Waals surface area contributed by atoms with Crippen LogP contribution >= 0.6 is 0 Å². The maximum atomic E-state index is 12.8. The predicted molar refractivity (Wildman–Crippen MR) is 124 cm³/mol. The van der Waals surface area contributed by atoms with E-state index in [9.17, 15) is 4.39 Å². The molecule has 0 aliphatic heterocycles. The molecule has 1 atom stereocenters. The lowest BCUT2D eigenvalue weighted by atomic mass is 9.92. The van der Waals surface area contributed by atoms with Crippen LogP contribution < -0.4 is 5.73 Å². The van der Waals surface area contributed by atoms with E-state index in [0.717, 1.165) is 17.5 Å². The van der Waals surface area contributed by atoms with E-state index < -0.39 is 12.7 Å². The number of rotatable bonds is 11. The van der Waals surface area contributed by atoms with Gasteiger partial charge in [0, 0.05) is 0 Å². The fourth-order valence-electron chi connectivity index (χ4n) is 4.10. The van der Waals surface area contributed by atoms with Gasteiger partial charge in [-0.15, -0.1) is 0 Å².